The molecule has 1 N–H and O–H groups in total. The van der Waals surface area contributed by atoms with Gasteiger partial charge in [0.2, 0.25) is 0 Å². The summed E-state index contributed by atoms with van der Waals surface area (Å²) in [4.78, 5) is 12.5. The van der Waals surface area contributed by atoms with Crippen LogP contribution in [0.2, 0.25) is 0 Å². The zero-order valence-corrected chi connectivity index (χ0v) is 18.2. The number of nitrogens with one attached hydrogen (secondary N) is 1. The quantitative estimate of drug-likeness (QED) is 0.272. The maximum Gasteiger partial charge on any atom is 0.266 e. The Labute approximate surface area is 181 Å². The van der Waals surface area contributed by atoms with Crippen molar-refractivity contribution in [2.45, 2.75) is 6.42 Å². The lowest BCUT2D eigenvalue weighted by molar-refractivity contribution is -0.112. The minimum atomic E-state index is -0.478. The van der Waals surface area contributed by atoms with Crippen molar-refractivity contribution in [1.82, 2.24) is 0 Å². The first-order valence-corrected chi connectivity index (χ1v) is 9.92. The first kappa shape index (κ1) is 21.7. The molecule has 0 bridgehead atoms. The second kappa shape index (κ2) is 10.6. The highest BCUT2D eigenvalue weighted by atomic mass is 79.9. The van der Waals surface area contributed by atoms with Gasteiger partial charge >= 0.3 is 0 Å². The first-order chi connectivity index (χ1) is 13.5. The van der Waals surface area contributed by atoms with Crippen molar-refractivity contribution in [3.8, 4) is 11.8 Å². The molecule has 2 aromatic rings. The van der Waals surface area contributed by atoms with E-state index in [1.807, 2.05) is 18.2 Å². The van der Waals surface area contributed by atoms with Gasteiger partial charge in [0.25, 0.3) is 5.91 Å². The number of carbonyl (C=O) groups is 1. The second-order valence-corrected chi connectivity index (χ2v) is 7.49. The van der Waals surface area contributed by atoms with Crippen LogP contribution in [-0.4, -0.2) is 12.5 Å². The summed E-state index contributed by atoms with van der Waals surface area (Å²) in [5.74, 6) is 0.211. The summed E-state index contributed by atoms with van der Waals surface area (Å²) < 4.78 is 7.27. The van der Waals surface area contributed by atoms with Crippen LogP contribution < -0.4 is 10.1 Å². The van der Waals surface area contributed by atoms with E-state index < -0.39 is 5.91 Å². The van der Waals surface area contributed by atoms with Crippen LogP contribution in [0.1, 0.15) is 11.1 Å². The SMILES string of the molecule is C=CCOc1c(Br)cc(/C=C(/C#N)C(=O)Nc2cccc(Br)c2)cc1CC=C. The molecule has 4 nitrogen and oxygen atoms in total. The molecule has 6 heteroatoms. The Kier molecular flexibility index (Phi) is 8.24. The normalized spacial score (nSPS) is 10.7. The van der Waals surface area contributed by atoms with Crippen LogP contribution >= 0.6 is 31.9 Å². The monoisotopic (exact) mass is 500 g/mol. The van der Waals surface area contributed by atoms with Crippen molar-refractivity contribution in [3.05, 3.63) is 87.4 Å². The number of carbonyl (C=O) groups excluding carboxylic acids is 1. The van der Waals surface area contributed by atoms with Gasteiger partial charge in [-0.2, -0.15) is 5.26 Å². The molecule has 0 aromatic heterocycles. The van der Waals surface area contributed by atoms with Crippen LogP contribution in [-0.2, 0) is 11.2 Å². The minimum absolute atomic E-state index is 0.00353. The van der Waals surface area contributed by atoms with Gasteiger partial charge in [-0.15, -0.1) is 6.58 Å². The predicted molar refractivity (Wildman–Crippen MR) is 120 cm³/mol. The Bertz CT molecular complexity index is 975. The number of amides is 1. The van der Waals surface area contributed by atoms with Crippen molar-refractivity contribution in [2.24, 2.45) is 0 Å². The molecule has 2 rings (SSSR count). The largest absolute Gasteiger partial charge is 0.488 e. The topological polar surface area (TPSA) is 62.1 Å². The summed E-state index contributed by atoms with van der Waals surface area (Å²) in [5, 5.41) is 12.2. The van der Waals surface area contributed by atoms with Crippen LogP contribution in [0.4, 0.5) is 5.69 Å². The molecule has 0 atom stereocenters. The van der Waals surface area contributed by atoms with E-state index in [-0.39, 0.29) is 5.57 Å². The molecule has 0 spiro atoms. The van der Waals surface area contributed by atoms with Gasteiger partial charge in [0.1, 0.15) is 24.0 Å². The van der Waals surface area contributed by atoms with E-state index in [9.17, 15) is 10.1 Å². The maximum absolute atomic E-state index is 12.5. The van der Waals surface area contributed by atoms with Crippen molar-refractivity contribution in [1.29, 1.82) is 5.26 Å². The summed E-state index contributed by atoms with van der Waals surface area (Å²) in [5.41, 5.74) is 2.19. The van der Waals surface area contributed by atoms with Crippen molar-refractivity contribution in [2.75, 3.05) is 11.9 Å². The number of allylic oxidation sites excluding steroid dienone is 1. The van der Waals surface area contributed by atoms with E-state index in [4.69, 9.17) is 4.74 Å². The van der Waals surface area contributed by atoms with Gasteiger partial charge in [0, 0.05) is 10.2 Å². The van der Waals surface area contributed by atoms with Gasteiger partial charge in [-0.1, -0.05) is 40.7 Å². The molecule has 142 valence electrons. The number of anilines is 1. The van der Waals surface area contributed by atoms with Gasteiger partial charge in [-0.3, -0.25) is 4.79 Å². The molecular formula is C22H18Br2N2O2. The molecule has 0 aliphatic carbocycles. The van der Waals surface area contributed by atoms with Gasteiger partial charge in [0.05, 0.1) is 4.47 Å². The molecule has 0 aliphatic rings. The number of halogens is 2. The molecule has 0 aliphatic heterocycles. The van der Waals surface area contributed by atoms with Crippen molar-refractivity contribution < 1.29 is 9.53 Å². The highest BCUT2D eigenvalue weighted by Crippen LogP contribution is 2.32. The minimum Gasteiger partial charge on any atom is -0.488 e. The molecule has 0 radical (unpaired) electrons. The van der Waals surface area contributed by atoms with Crippen LogP contribution in [0.3, 0.4) is 0 Å². The molecule has 2 aromatic carbocycles. The molecule has 0 saturated carbocycles. The lowest BCUT2D eigenvalue weighted by Gasteiger charge is -2.13. The molecule has 0 heterocycles. The average Bonchev–Trinajstić information content (AvgIpc) is 2.65. The fourth-order valence-corrected chi connectivity index (χ4v) is 3.48. The Balaban J connectivity index is 2.34. The van der Waals surface area contributed by atoms with E-state index in [1.165, 1.54) is 0 Å². The van der Waals surface area contributed by atoms with E-state index in [0.29, 0.717) is 30.0 Å². The third-order valence-corrected chi connectivity index (χ3v) is 4.69. The van der Waals surface area contributed by atoms with Crippen LogP contribution in [0.15, 0.2) is 76.2 Å². The zero-order valence-electron chi connectivity index (χ0n) is 15.0. The number of hydrogen-bond acceptors (Lipinski definition) is 3. The Hall–Kier alpha value is -2.62. The lowest BCUT2D eigenvalue weighted by atomic mass is 10.0. The number of hydrogen-bond donors (Lipinski definition) is 1. The fraction of sp³-hybridized carbons (Fsp3) is 0.0909. The predicted octanol–water partition coefficient (Wildman–Crippen LogP) is 6.05. The third-order valence-electron chi connectivity index (χ3n) is 3.61. The van der Waals surface area contributed by atoms with Gasteiger partial charge in [-0.05, 0) is 69.9 Å². The summed E-state index contributed by atoms with van der Waals surface area (Å²) in [6, 6.07) is 12.8. The number of ether oxygens (including phenoxy) is 1. The Morgan fingerprint density at radius 2 is 2.00 bits per heavy atom. The standard InChI is InChI=1S/C22H18Br2N2O2/c1-3-6-16-10-15(12-20(24)21(16)28-9-4-2)11-17(14-25)22(27)26-19-8-5-7-18(23)13-19/h3-5,7-8,10-13H,1-2,6,9H2,(H,26,27)/b17-11-. The second-order valence-electron chi connectivity index (χ2n) is 5.72. The number of nitrogens with zero attached hydrogens (tertiary/aromatic N) is 1. The Morgan fingerprint density at radius 1 is 1.21 bits per heavy atom. The lowest BCUT2D eigenvalue weighted by Crippen LogP contribution is -2.13. The number of nitriles is 1. The molecule has 0 saturated heterocycles. The third kappa shape index (κ3) is 5.95. The smallest absolute Gasteiger partial charge is 0.266 e. The average molecular weight is 502 g/mol. The van der Waals surface area contributed by atoms with Gasteiger partial charge in [-0.25, -0.2) is 0 Å². The fourth-order valence-electron chi connectivity index (χ4n) is 2.45. The molecule has 0 unspecified atom stereocenters. The van der Waals surface area contributed by atoms with Crippen LogP contribution in [0.5, 0.6) is 5.75 Å². The highest BCUT2D eigenvalue weighted by molar-refractivity contribution is 9.10. The maximum atomic E-state index is 12.5. The molecule has 1 amide bonds. The van der Waals surface area contributed by atoms with E-state index in [1.54, 1.807) is 42.5 Å². The summed E-state index contributed by atoms with van der Waals surface area (Å²) in [7, 11) is 0. The molecule has 28 heavy (non-hydrogen) atoms. The molecular weight excluding hydrogens is 484 g/mol. The van der Waals surface area contributed by atoms with Crippen molar-refractivity contribution in [3.63, 3.8) is 0 Å². The van der Waals surface area contributed by atoms with Gasteiger partial charge < -0.3 is 10.1 Å². The first-order valence-electron chi connectivity index (χ1n) is 8.34. The summed E-state index contributed by atoms with van der Waals surface area (Å²) in [6.07, 6.45) is 5.56. The van der Waals surface area contributed by atoms with Crippen LogP contribution in [0, 0.1) is 11.3 Å². The van der Waals surface area contributed by atoms with Gasteiger partial charge in [0.15, 0.2) is 0 Å². The number of benzene rings is 2. The van der Waals surface area contributed by atoms with E-state index in [2.05, 4.69) is 50.3 Å². The zero-order chi connectivity index (χ0) is 20.5. The number of rotatable bonds is 8. The Morgan fingerprint density at radius 3 is 2.64 bits per heavy atom. The van der Waals surface area contributed by atoms with E-state index in [0.717, 1.165) is 14.5 Å². The van der Waals surface area contributed by atoms with Crippen molar-refractivity contribution >= 4 is 49.5 Å². The molecule has 0 fully saturated rings. The summed E-state index contributed by atoms with van der Waals surface area (Å²) in [6.45, 7) is 7.80. The van der Waals surface area contributed by atoms with Crippen LogP contribution in [0.25, 0.3) is 6.08 Å². The summed E-state index contributed by atoms with van der Waals surface area (Å²) >= 11 is 6.85. The van der Waals surface area contributed by atoms with E-state index >= 15 is 0 Å². The highest BCUT2D eigenvalue weighted by Gasteiger charge is 2.13.